The number of ether oxygens (including phenoxy) is 3. The van der Waals surface area contributed by atoms with Gasteiger partial charge in [-0.2, -0.15) is 0 Å². The Morgan fingerprint density at radius 1 is 0.880 bits per heavy atom. The van der Waals surface area contributed by atoms with Gasteiger partial charge in [-0.3, -0.25) is 4.90 Å². The zero-order chi connectivity index (χ0) is 17.7. The van der Waals surface area contributed by atoms with E-state index in [4.69, 9.17) is 14.2 Å². The van der Waals surface area contributed by atoms with Gasteiger partial charge in [0.25, 0.3) is 0 Å². The van der Waals surface area contributed by atoms with Crippen molar-refractivity contribution in [2.75, 3.05) is 28.4 Å². The second-order valence-corrected chi connectivity index (χ2v) is 6.70. The van der Waals surface area contributed by atoms with Gasteiger partial charge >= 0.3 is 0 Å². The minimum Gasteiger partial charge on any atom is -0.504 e. The largest absolute Gasteiger partial charge is 0.504 e. The van der Waals surface area contributed by atoms with Gasteiger partial charge in [0.2, 0.25) is 0 Å². The monoisotopic (exact) mass is 341 g/mol. The van der Waals surface area contributed by atoms with Crippen molar-refractivity contribution in [2.45, 2.75) is 24.9 Å². The van der Waals surface area contributed by atoms with E-state index in [0.29, 0.717) is 5.75 Å². The fourth-order valence-corrected chi connectivity index (χ4v) is 4.32. The third kappa shape index (κ3) is 2.26. The summed E-state index contributed by atoms with van der Waals surface area (Å²) in [7, 11) is 7.03. The number of likely N-dealkylation sites (N-methyl/N-ethyl adjacent to an activating group) is 1. The number of phenolic OH excluding ortho intramolecular Hbond substituents is 1. The van der Waals surface area contributed by atoms with Gasteiger partial charge < -0.3 is 19.3 Å². The Bertz CT molecular complexity index is 833. The minimum atomic E-state index is 0.120. The van der Waals surface area contributed by atoms with Crippen molar-refractivity contribution in [2.24, 2.45) is 0 Å². The van der Waals surface area contributed by atoms with Crippen LogP contribution >= 0.6 is 0 Å². The second-order valence-electron chi connectivity index (χ2n) is 6.70. The molecule has 5 heteroatoms. The van der Waals surface area contributed by atoms with E-state index in [0.717, 1.165) is 29.9 Å². The minimum absolute atomic E-state index is 0.120. The summed E-state index contributed by atoms with van der Waals surface area (Å²) >= 11 is 0. The zero-order valence-corrected chi connectivity index (χ0v) is 15.0. The molecule has 0 saturated heterocycles. The first kappa shape index (κ1) is 16.1. The topological polar surface area (TPSA) is 51.2 Å². The third-order valence-corrected chi connectivity index (χ3v) is 5.64. The average molecular weight is 341 g/mol. The summed E-state index contributed by atoms with van der Waals surface area (Å²) in [5.74, 6) is 2.30. The van der Waals surface area contributed by atoms with Gasteiger partial charge in [-0.1, -0.05) is 6.07 Å². The SMILES string of the molecule is COc1cc2c(cc1OC)[C@@H]1Cc3ccc(OC)c(O)c3[C@H](C2)N1C. The maximum Gasteiger partial charge on any atom is 0.162 e. The fraction of sp³-hybridized carbons (Fsp3) is 0.400. The van der Waals surface area contributed by atoms with Crippen LogP contribution in [0.25, 0.3) is 0 Å². The molecule has 2 aromatic carbocycles. The van der Waals surface area contributed by atoms with E-state index in [-0.39, 0.29) is 17.8 Å². The molecule has 0 aromatic heterocycles. The van der Waals surface area contributed by atoms with E-state index in [1.54, 1.807) is 21.3 Å². The summed E-state index contributed by atoms with van der Waals surface area (Å²) < 4.78 is 16.3. The first-order valence-electron chi connectivity index (χ1n) is 8.44. The standard InChI is InChI=1S/C20H23NO4/c1-21-14-7-11-5-6-16(23-2)20(22)19(11)15(21)8-12-9-17(24-3)18(25-4)10-13(12)14/h5-6,9-10,14-15,22H,7-8H2,1-4H3/t14-,15-/m0/s1. The van der Waals surface area contributed by atoms with Crippen LogP contribution < -0.4 is 14.2 Å². The van der Waals surface area contributed by atoms with Gasteiger partial charge in [-0.25, -0.2) is 0 Å². The van der Waals surface area contributed by atoms with Crippen LogP contribution in [0.3, 0.4) is 0 Å². The summed E-state index contributed by atoms with van der Waals surface area (Å²) in [6.07, 6.45) is 1.67. The van der Waals surface area contributed by atoms with Crippen LogP contribution in [0, 0.1) is 0 Å². The second kappa shape index (κ2) is 5.85. The number of rotatable bonds is 3. The molecule has 0 aliphatic carbocycles. The Balaban J connectivity index is 1.86. The number of hydrogen-bond donors (Lipinski definition) is 1. The van der Waals surface area contributed by atoms with Crippen molar-refractivity contribution in [3.05, 3.63) is 46.5 Å². The zero-order valence-electron chi connectivity index (χ0n) is 15.0. The highest BCUT2D eigenvalue weighted by atomic mass is 16.5. The molecule has 2 aromatic rings. The lowest BCUT2D eigenvalue weighted by atomic mass is 9.76. The number of aromatic hydroxyl groups is 1. The van der Waals surface area contributed by atoms with Crippen LogP contribution in [0.1, 0.15) is 34.3 Å². The first-order valence-corrected chi connectivity index (χ1v) is 8.44. The van der Waals surface area contributed by atoms with Crippen LogP contribution in [-0.2, 0) is 12.8 Å². The molecule has 1 N–H and O–H groups in total. The van der Waals surface area contributed by atoms with Gasteiger partial charge in [0.1, 0.15) is 0 Å². The van der Waals surface area contributed by atoms with E-state index in [1.165, 1.54) is 16.7 Å². The van der Waals surface area contributed by atoms with Crippen LogP contribution in [0.15, 0.2) is 24.3 Å². The molecule has 2 bridgehead atoms. The Morgan fingerprint density at radius 2 is 1.52 bits per heavy atom. The highest BCUT2D eigenvalue weighted by Crippen LogP contribution is 2.52. The van der Waals surface area contributed by atoms with Gasteiger partial charge in [-0.05, 0) is 54.8 Å². The molecule has 25 heavy (non-hydrogen) atoms. The van der Waals surface area contributed by atoms with E-state index in [1.807, 2.05) is 6.07 Å². The predicted molar refractivity (Wildman–Crippen MR) is 94.9 cm³/mol. The molecule has 2 heterocycles. The van der Waals surface area contributed by atoms with E-state index in [2.05, 4.69) is 30.1 Å². The Hall–Kier alpha value is -2.40. The lowest BCUT2D eigenvalue weighted by molar-refractivity contribution is 0.134. The lowest BCUT2D eigenvalue weighted by Crippen LogP contribution is -2.40. The quantitative estimate of drug-likeness (QED) is 0.929. The number of methoxy groups -OCH3 is 3. The maximum absolute atomic E-state index is 10.7. The summed E-state index contributed by atoms with van der Waals surface area (Å²) in [6.45, 7) is 0. The van der Waals surface area contributed by atoms with Crippen molar-refractivity contribution < 1.29 is 19.3 Å². The molecule has 2 atom stereocenters. The van der Waals surface area contributed by atoms with Crippen molar-refractivity contribution in [3.8, 4) is 23.0 Å². The highest BCUT2D eigenvalue weighted by Gasteiger charge is 2.40. The number of benzene rings is 2. The molecule has 0 saturated carbocycles. The van der Waals surface area contributed by atoms with Gasteiger partial charge in [0.15, 0.2) is 23.0 Å². The summed E-state index contributed by atoms with van der Waals surface area (Å²) in [6, 6.07) is 8.48. The molecule has 2 aliphatic heterocycles. The van der Waals surface area contributed by atoms with Crippen LogP contribution in [-0.4, -0.2) is 38.4 Å². The molecule has 5 nitrogen and oxygen atoms in total. The predicted octanol–water partition coefficient (Wildman–Crippen LogP) is 3.24. The molecule has 4 rings (SSSR count). The van der Waals surface area contributed by atoms with Crippen molar-refractivity contribution in [3.63, 3.8) is 0 Å². The molecule has 0 unspecified atom stereocenters. The lowest BCUT2D eigenvalue weighted by Gasteiger charge is -2.46. The molecule has 0 spiro atoms. The summed E-state index contributed by atoms with van der Waals surface area (Å²) in [5, 5.41) is 10.7. The van der Waals surface area contributed by atoms with E-state index in [9.17, 15) is 5.11 Å². The fourth-order valence-electron chi connectivity index (χ4n) is 4.32. The van der Waals surface area contributed by atoms with Gasteiger partial charge in [0.05, 0.1) is 21.3 Å². The smallest absolute Gasteiger partial charge is 0.162 e. The van der Waals surface area contributed by atoms with Gasteiger partial charge in [0, 0.05) is 17.6 Å². The Morgan fingerprint density at radius 3 is 2.20 bits per heavy atom. The molecule has 0 fully saturated rings. The van der Waals surface area contributed by atoms with Crippen molar-refractivity contribution >= 4 is 0 Å². The van der Waals surface area contributed by atoms with Crippen molar-refractivity contribution in [1.29, 1.82) is 0 Å². The van der Waals surface area contributed by atoms with Gasteiger partial charge in [-0.15, -0.1) is 0 Å². The summed E-state index contributed by atoms with van der Waals surface area (Å²) in [5.41, 5.74) is 4.70. The normalized spacial score (nSPS) is 21.3. The van der Waals surface area contributed by atoms with E-state index >= 15 is 0 Å². The molecule has 132 valence electrons. The Kier molecular flexibility index (Phi) is 3.76. The molecular weight excluding hydrogens is 318 g/mol. The average Bonchev–Trinajstić information content (AvgIpc) is 2.62. The third-order valence-electron chi connectivity index (χ3n) is 5.64. The molecule has 2 aliphatic rings. The first-order chi connectivity index (χ1) is 12.1. The van der Waals surface area contributed by atoms with Crippen LogP contribution in [0.4, 0.5) is 0 Å². The number of fused-ring (bicyclic) bond motifs is 6. The van der Waals surface area contributed by atoms with Crippen LogP contribution in [0.5, 0.6) is 23.0 Å². The molecular formula is C20H23NO4. The number of phenols is 1. The van der Waals surface area contributed by atoms with E-state index < -0.39 is 0 Å². The highest BCUT2D eigenvalue weighted by molar-refractivity contribution is 5.57. The van der Waals surface area contributed by atoms with Crippen molar-refractivity contribution in [1.82, 2.24) is 4.90 Å². The number of nitrogens with zero attached hydrogens (tertiary/aromatic N) is 1. The molecule has 0 radical (unpaired) electrons. The number of hydrogen-bond acceptors (Lipinski definition) is 5. The van der Waals surface area contributed by atoms with Crippen LogP contribution in [0.2, 0.25) is 0 Å². The maximum atomic E-state index is 10.7. The molecule has 0 amide bonds. The summed E-state index contributed by atoms with van der Waals surface area (Å²) in [4.78, 5) is 2.34. The Labute approximate surface area is 147 Å².